The lowest BCUT2D eigenvalue weighted by atomic mass is 9.92. The van der Waals surface area contributed by atoms with Crippen molar-refractivity contribution >= 4 is 17.5 Å². The van der Waals surface area contributed by atoms with Gasteiger partial charge in [-0.25, -0.2) is 0 Å². The van der Waals surface area contributed by atoms with E-state index in [2.05, 4.69) is 10.2 Å². The Kier molecular flexibility index (Phi) is 5.33. The molecular formula is C22H26F3N5O2. The molecule has 0 N–H and O–H groups in total. The Morgan fingerprint density at radius 2 is 1.56 bits per heavy atom. The van der Waals surface area contributed by atoms with Crippen LogP contribution in [0, 0.1) is 11.8 Å². The molecule has 2 amide bonds. The lowest BCUT2D eigenvalue weighted by Gasteiger charge is -2.38. The summed E-state index contributed by atoms with van der Waals surface area (Å²) in [6, 6.07) is 2.32. The molecule has 0 radical (unpaired) electrons. The van der Waals surface area contributed by atoms with Crippen LogP contribution in [0.5, 0.6) is 0 Å². The standard InChI is InChI=1S/C22H26F3N5O2/c23-22(24,25)17-7-8-18-26-27-19(30(18)13-17)15-3-1-9-28(11-15)21(32)16-4-2-10-29(12-16)20(31)14-5-6-14/h7-8,13-16H,1-6,9-12H2. The molecule has 2 atom stereocenters. The molecule has 10 heteroatoms. The van der Waals surface area contributed by atoms with E-state index in [1.54, 1.807) is 4.90 Å². The Labute approximate surface area is 183 Å². The summed E-state index contributed by atoms with van der Waals surface area (Å²) in [4.78, 5) is 29.4. The van der Waals surface area contributed by atoms with Crippen LogP contribution < -0.4 is 0 Å². The minimum atomic E-state index is -4.45. The van der Waals surface area contributed by atoms with E-state index in [-0.39, 0.29) is 29.6 Å². The van der Waals surface area contributed by atoms with Gasteiger partial charge in [-0.3, -0.25) is 14.0 Å². The maximum absolute atomic E-state index is 13.3. The van der Waals surface area contributed by atoms with Crippen LogP contribution in [0.3, 0.4) is 0 Å². The highest BCUT2D eigenvalue weighted by Crippen LogP contribution is 2.34. The number of hydrogen-bond acceptors (Lipinski definition) is 4. The fraction of sp³-hybridized carbons (Fsp3) is 0.636. The number of nitrogens with zero attached hydrogens (tertiary/aromatic N) is 5. The van der Waals surface area contributed by atoms with Crippen molar-refractivity contribution in [2.24, 2.45) is 11.8 Å². The maximum Gasteiger partial charge on any atom is 0.417 e. The molecule has 7 nitrogen and oxygen atoms in total. The third kappa shape index (κ3) is 4.06. The van der Waals surface area contributed by atoms with Gasteiger partial charge >= 0.3 is 6.18 Å². The van der Waals surface area contributed by atoms with Crippen LogP contribution in [0.4, 0.5) is 13.2 Å². The molecule has 0 spiro atoms. The van der Waals surface area contributed by atoms with Crippen molar-refractivity contribution in [1.29, 1.82) is 0 Å². The van der Waals surface area contributed by atoms with E-state index in [9.17, 15) is 22.8 Å². The number of carbonyl (C=O) groups is 2. The molecule has 32 heavy (non-hydrogen) atoms. The third-order valence-electron chi connectivity index (χ3n) is 6.86. The summed E-state index contributed by atoms with van der Waals surface area (Å²) in [6.45, 7) is 2.21. The van der Waals surface area contributed by atoms with E-state index in [0.717, 1.165) is 57.3 Å². The van der Waals surface area contributed by atoms with Gasteiger partial charge < -0.3 is 9.80 Å². The predicted octanol–water partition coefficient (Wildman–Crippen LogP) is 3.10. The summed E-state index contributed by atoms with van der Waals surface area (Å²) >= 11 is 0. The second kappa shape index (κ2) is 8.04. The molecule has 1 aliphatic carbocycles. The van der Waals surface area contributed by atoms with Gasteiger partial charge in [-0.1, -0.05) is 0 Å². The summed E-state index contributed by atoms with van der Waals surface area (Å²) in [5, 5.41) is 8.19. The van der Waals surface area contributed by atoms with Crippen molar-refractivity contribution in [3.05, 3.63) is 29.7 Å². The highest BCUT2D eigenvalue weighted by atomic mass is 19.4. The monoisotopic (exact) mass is 449 g/mol. The first-order valence-corrected chi connectivity index (χ1v) is 11.3. The summed E-state index contributed by atoms with van der Waals surface area (Å²) in [5.41, 5.74) is -0.393. The summed E-state index contributed by atoms with van der Waals surface area (Å²) in [7, 11) is 0. The Morgan fingerprint density at radius 1 is 0.875 bits per heavy atom. The van der Waals surface area contributed by atoms with Gasteiger partial charge in [0.1, 0.15) is 5.82 Å². The van der Waals surface area contributed by atoms with Gasteiger partial charge in [0, 0.05) is 44.2 Å². The molecule has 172 valence electrons. The number of carbonyl (C=O) groups excluding carboxylic acids is 2. The van der Waals surface area contributed by atoms with Crippen LogP contribution in [0.15, 0.2) is 18.3 Å². The number of hydrogen-bond donors (Lipinski definition) is 0. The van der Waals surface area contributed by atoms with E-state index in [1.807, 2.05) is 4.90 Å². The lowest BCUT2D eigenvalue weighted by molar-refractivity contribution is -0.142. The molecular weight excluding hydrogens is 423 g/mol. The van der Waals surface area contributed by atoms with E-state index in [4.69, 9.17) is 0 Å². The normalized spacial score (nSPS) is 24.7. The van der Waals surface area contributed by atoms with Crippen molar-refractivity contribution in [2.45, 2.75) is 50.6 Å². The first-order valence-electron chi connectivity index (χ1n) is 11.3. The Hall–Kier alpha value is -2.65. The fourth-order valence-electron chi connectivity index (χ4n) is 4.97. The van der Waals surface area contributed by atoms with Gasteiger partial charge in [0.05, 0.1) is 11.5 Å². The van der Waals surface area contributed by atoms with Crippen molar-refractivity contribution in [3.8, 4) is 0 Å². The van der Waals surface area contributed by atoms with Gasteiger partial charge in [0.15, 0.2) is 5.65 Å². The second-order valence-electron chi connectivity index (χ2n) is 9.22. The van der Waals surface area contributed by atoms with Crippen LogP contribution in [0.1, 0.15) is 55.8 Å². The van der Waals surface area contributed by atoms with Gasteiger partial charge in [-0.2, -0.15) is 13.2 Å². The van der Waals surface area contributed by atoms with Crippen molar-refractivity contribution in [3.63, 3.8) is 0 Å². The van der Waals surface area contributed by atoms with Crippen molar-refractivity contribution in [2.75, 3.05) is 26.2 Å². The summed E-state index contributed by atoms with van der Waals surface area (Å²) in [5.74, 6) is 0.419. The highest BCUT2D eigenvalue weighted by molar-refractivity contribution is 5.83. The van der Waals surface area contributed by atoms with E-state index >= 15 is 0 Å². The van der Waals surface area contributed by atoms with Crippen molar-refractivity contribution < 1.29 is 22.8 Å². The minimum absolute atomic E-state index is 0.0350. The number of fused-ring (bicyclic) bond motifs is 1. The van der Waals surface area contributed by atoms with Crippen LogP contribution >= 0.6 is 0 Å². The number of aromatic nitrogens is 3. The van der Waals surface area contributed by atoms with Gasteiger partial charge in [-0.15, -0.1) is 10.2 Å². The zero-order valence-electron chi connectivity index (χ0n) is 17.7. The minimum Gasteiger partial charge on any atom is -0.342 e. The number of piperidine rings is 2. The van der Waals surface area contributed by atoms with Gasteiger partial charge in [0.2, 0.25) is 11.8 Å². The number of amides is 2. The average Bonchev–Trinajstić information content (AvgIpc) is 3.56. The molecule has 3 fully saturated rings. The number of likely N-dealkylation sites (tertiary alicyclic amines) is 2. The average molecular weight is 449 g/mol. The highest BCUT2D eigenvalue weighted by Gasteiger charge is 2.39. The maximum atomic E-state index is 13.3. The zero-order chi connectivity index (χ0) is 22.5. The van der Waals surface area contributed by atoms with E-state index < -0.39 is 11.7 Å². The van der Waals surface area contributed by atoms with E-state index in [0.29, 0.717) is 31.1 Å². The van der Waals surface area contributed by atoms with Gasteiger partial charge in [0.25, 0.3) is 0 Å². The quantitative estimate of drug-likeness (QED) is 0.722. The lowest BCUT2D eigenvalue weighted by Crippen LogP contribution is -2.49. The summed E-state index contributed by atoms with van der Waals surface area (Å²) < 4.78 is 40.9. The Balaban J connectivity index is 1.31. The molecule has 2 saturated heterocycles. The summed E-state index contributed by atoms with van der Waals surface area (Å²) in [6.07, 6.45) is 1.55. The molecule has 3 aliphatic rings. The predicted molar refractivity (Wildman–Crippen MR) is 109 cm³/mol. The van der Waals surface area contributed by atoms with E-state index in [1.165, 1.54) is 10.5 Å². The molecule has 2 unspecified atom stereocenters. The van der Waals surface area contributed by atoms with Crippen LogP contribution in [0.25, 0.3) is 5.65 Å². The Morgan fingerprint density at radius 3 is 2.28 bits per heavy atom. The molecule has 1 saturated carbocycles. The molecule has 0 aromatic carbocycles. The van der Waals surface area contributed by atoms with Crippen LogP contribution in [-0.2, 0) is 15.8 Å². The second-order valence-corrected chi connectivity index (χ2v) is 9.22. The van der Waals surface area contributed by atoms with Crippen LogP contribution in [0.2, 0.25) is 0 Å². The number of halogens is 3. The SMILES string of the molecule is O=C(C1CC1)N1CCCC(C(=O)N2CCCC(c3nnc4ccc(C(F)(F)F)cn34)C2)C1. The molecule has 2 aromatic rings. The molecule has 2 aliphatic heterocycles. The number of alkyl halides is 3. The number of rotatable bonds is 3. The van der Waals surface area contributed by atoms with Gasteiger partial charge in [-0.05, 0) is 50.7 Å². The third-order valence-corrected chi connectivity index (χ3v) is 6.86. The topological polar surface area (TPSA) is 70.8 Å². The van der Waals surface area contributed by atoms with Crippen LogP contribution in [-0.4, -0.2) is 62.4 Å². The zero-order valence-corrected chi connectivity index (χ0v) is 17.7. The molecule has 4 heterocycles. The molecule has 5 rings (SSSR count). The molecule has 2 aromatic heterocycles. The largest absolute Gasteiger partial charge is 0.417 e. The first kappa shape index (κ1) is 21.2. The Bertz CT molecular complexity index is 1030. The number of pyridine rings is 1. The van der Waals surface area contributed by atoms with Crippen molar-refractivity contribution in [1.82, 2.24) is 24.4 Å². The fourth-order valence-corrected chi connectivity index (χ4v) is 4.97. The first-order chi connectivity index (χ1) is 15.3. The molecule has 0 bridgehead atoms. The smallest absolute Gasteiger partial charge is 0.342 e.